The van der Waals surface area contributed by atoms with Gasteiger partial charge in [0, 0.05) is 18.8 Å². The van der Waals surface area contributed by atoms with E-state index in [1.807, 2.05) is 47.4 Å². The molecule has 0 unspecified atom stereocenters. The van der Waals surface area contributed by atoms with E-state index in [-0.39, 0.29) is 24.9 Å². The molecule has 1 aliphatic heterocycles. The quantitative estimate of drug-likeness (QED) is 0.904. The molecule has 0 spiro atoms. The van der Waals surface area contributed by atoms with Gasteiger partial charge in [0.05, 0.1) is 13.1 Å². The Morgan fingerprint density at radius 1 is 1.04 bits per heavy atom. The number of carbonyl (C=O) groups is 2. The molecule has 0 radical (unpaired) electrons. The van der Waals surface area contributed by atoms with Crippen LogP contribution in [0.4, 0.5) is 5.69 Å². The van der Waals surface area contributed by atoms with Crippen LogP contribution < -0.4 is 10.6 Å². The van der Waals surface area contributed by atoms with E-state index >= 15 is 0 Å². The van der Waals surface area contributed by atoms with Crippen LogP contribution in [-0.2, 0) is 9.59 Å². The van der Waals surface area contributed by atoms with Crippen molar-refractivity contribution in [2.75, 3.05) is 31.5 Å². The highest BCUT2D eigenvalue weighted by Gasteiger charge is 2.18. The minimum absolute atomic E-state index is 0.0312. The molecule has 5 nitrogen and oxygen atoms in total. The third-order valence-electron chi connectivity index (χ3n) is 3.76. The normalized spacial score (nSPS) is 15.0. The molecule has 3 rings (SSSR count). The van der Waals surface area contributed by atoms with Crippen molar-refractivity contribution in [3.63, 3.8) is 0 Å². The third kappa shape index (κ3) is 4.17. The Labute approximate surface area is 135 Å². The van der Waals surface area contributed by atoms with E-state index in [0.717, 1.165) is 16.8 Å². The zero-order valence-corrected chi connectivity index (χ0v) is 12.8. The maximum absolute atomic E-state index is 12.1. The van der Waals surface area contributed by atoms with Crippen LogP contribution >= 0.6 is 0 Å². The van der Waals surface area contributed by atoms with Crippen molar-refractivity contribution in [3.05, 3.63) is 54.6 Å². The standard InChI is InChI=1S/C18H19N3O2/c22-17-12-21(11-10-19-17)13-18(23)20-16-8-6-15(7-9-16)14-4-2-1-3-5-14/h1-9H,10-13H2,(H,19,22)(H,20,23). The van der Waals surface area contributed by atoms with E-state index in [1.165, 1.54) is 0 Å². The van der Waals surface area contributed by atoms with Gasteiger partial charge in [-0.05, 0) is 23.3 Å². The van der Waals surface area contributed by atoms with Gasteiger partial charge in [0.15, 0.2) is 0 Å². The van der Waals surface area contributed by atoms with Gasteiger partial charge in [0.25, 0.3) is 0 Å². The largest absolute Gasteiger partial charge is 0.354 e. The summed E-state index contributed by atoms with van der Waals surface area (Å²) < 4.78 is 0. The molecule has 2 aromatic rings. The van der Waals surface area contributed by atoms with E-state index < -0.39 is 0 Å². The van der Waals surface area contributed by atoms with E-state index in [1.54, 1.807) is 0 Å². The first-order chi connectivity index (χ1) is 11.2. The number of rotatable bonds is 4. The second-order valence-electron chi connectivity index (χ2n) is 5.55. The summed E-state index contributed by atoms with van der Waals surface area (Å²) >= 11 is 0. The van der Waals surface area contributed by atoms with Crippen LogP contribution in [0.3, 0.4) is 0 Å². The number of anilines is 1. The van der Waals surface area contributed by atoms with Gasteiger partial charge in [-0.15, -0.1) is 0 Å². The van der Waals surface area contributed by atoms with Gasteiger partial charge in [-0.25, -0.2) is 0 Å². The Hall–Kier alpha value is -2.66. The molecule has 0 atom stereocenters. The zero-order valence-electron chi connectivity index (χ0n) is 12.8. The molecule has 2 aromatic carbocycles. The predicted molar refractivity (Wildman–Crippen MR) is 90.0 cm³/mol. The maximum atomic E-state index is 12.1. The summed E-state index contributed by atoms with van der Waals surface area (Å²) in [5, 5.41) is 5.61. The lowest BCUT2D eigenvalue weighted by molar-refractivity contribution is -0.125. The Balaban J connectivity index is 1.57. The zero-order chi connectivity index (χ0) is 16.1. The number of benzene rings is 2. The molecular weight excluding hydrogens is 290 g/mol. The minimum Gasteiger partial charge on any atom is -0.354 e. The molecule has 23 heavy (non-hydrogen) atoms. The lowest BCUT2D eigenvalue weighted by atomic mass is 10.1. The molecule has 1 aliphatic rings. The lowest BCUT2D eigenvalue weighted by Crippen LogP contribution is -2.49. The monoisotopic (exact) mass is 309 g/mol. The Kier molecular flexibility index (Phi) is 4.68. The van der Waals surface area contributed by atoms with Gasteiger partial charge < -0.3 is 10.6 Å². The Morgan fingerprint density at radius 2 is 1.74 bits per heavy atom. The summed E-state index contributed by atoms with van der Waals surface area (Å²) in [7, 11) is 0. The van der Waals surface area contributed by atoms with Crippen molar-refractivity contribution < 1.29 is 9.59 Å². The predicted octanol–water partition coefficient (Wildman–Crippen LogP) is 1.72. The number of nitrogens with one attached hydrogen (secondary N) is 2. The number of hydrogen-bond donors (Lipinski definition) is 2. The van der Waals surface area contributed by atoms with Crippen LogP contribution in [0, 0.1) is 0 Å². The van der Waals surface area contributed by atoms with Gasteiger partial charge >= 0.3 is 0 Å². The summed E-state index contributed by atoms with van der Waals surface area (Å²) in [5.41, 5.74) is 3.01. The molecule has 0 aromatic heterocycles. The Bertz CT molecular complexity index is 683. The molecule has 5 heteroatoms. The molecule has 2 N–H and O–H groups in total. The summed E-state index contributed by atoms with van der Waals surface area (Å²) in [5.74, 6) is -0.136. The molecule has 0 saturated carbocycles. The first kappa shape index (κ1) is 15.2. The smallest absolute Gasteiger partial charge is 0.238 e. The van der Waals surface area contributed by atoms with Crippen molar-refractivity contribution >= 4 is 17.5 Å². The number of piperazine rings is 1. The van der Waals surface area contributed by atoms with Crippen molar-refractivity contribution in [3.8, 4) is 11.1 Å². The van der Waals surface area contributed by atoms with E-state index in [4.69, 9.17) is 0 Å². The lowest BCUT2D eigenvalue weighted by Gasteiger charge is -2.25. The average molecular weight is 309 g/mol. The van der Waals surface area contributed by atoms with Crippen molar-refractivity contribution in [1.82, 2.24) is 10.2 Å². The van der Waals surface area contributed by atoms with Crippen LogP contribution in [0.5, 0.6) is 0 Å². The average Bonchev–Trinajstić information content (AvgIpc) is 2.56. The molecule has 0 bridgehead atoms. The summed E-state index contributed by atoms with van der Waals surface area (Å²) in [6.45, 7) is 1.80. The van der Waals surface area contributed by atoms with Gasteiger partial charge in [0.2, 0.25) is 11.8 Å². The second kappa shape index (κ2) is 7.07. The molecule has 1 saturated heterocycles. The van der Waals surface area contributed by atoms with Gasteiger partial charge in [-0.3, -0.25) is 14.5 Å². The maximum Gasteiger partial charge on any atom is 0.238 e. The fourth-order valence-electron chi connectivity index (χ4n) is 2.61. The second-order valence-corrected chi connectivity index (χ2v) is 5.55. The van der Waals surface area contributed by atoms with E-state index in [0.29, 0.717) is 13.1 Å². The van der Waals surface area contributed by atoms with E-state index in [2.05, 4.69) is 22.8 Å². The molecule has 1 heterocycles. The third-order valence-corrected chi connectivity index (χ3v) is 3.76. The summed E-state index contributed by atoms with van der Waals surface area (Å²) in [4.78, 5) is 25.2. The molecule has 2 amide bonds. The number of hydrogen-bond acceptors (Lipinski definition) is 3. The SMILES string of the molecule is O=C1CN(CC(=O)Nc2ccc(-c3ccccc3)cc2)CCN1. The number of carbonyl (C=O) groups excluding carboxylic acids is 2. The molecule has 1 fully saturated rings. The fraction of sp³-hybridized carbons (Fsp3) is 0.222. The summed E-state index contributed by atoms with van der Waals surface area (Å²) in [6.07, 6.45) is 0. The van der Waals surface area contributed by atoms with Crippen molar-refractivity contribution in [2.24, 2.45) is 0 Å². The minimum atomic E-state index is -0.104. The first-order valence-corrected chi connectivity index (χ1v) is 7.65. The van der Waals surface area contributed by atoms with Crippen molar-refractivity contribution in [1.29, 1.82) is 0 Å². The van der Waals surface area contributed by atoms with Crippen LogP contribution in [-0.4, -0.2) is 42.9 Å². The highest BCUT2D eigenvalue weighted by Crippen LogP contribution is 2.20. The van der Waals surface area contributed by atoms with Crippen LogP contribution in [0.15, 0.2) is 54.6 Å². The van der Waals surface area contributed by atoms with Gasteiger partial charge in [-0.1, -0.05) is 42.5 Å². The van der Waals surface area contributed by atoms with Crippen LogP contribution in [0.1, 0.15) is 0 Å². The number of nitrogens with zero attached hydrogens (tertiary/aromatic N) is 1. The molecule has 0 aliphatic carbocycles. The van der Waals surface area contributed by atoms with Crippen LogP contribution in [0.25, 0.3) is 11.1 Å². The topological polar surface area (TPSA) is 61.4 Å². The molecule has 118 valence electrons. The highest BCUT2D eigenvalue weighted by atomic mass is 16.2. The van der Waals surface area contributed by atoms with Gasteiger partial charge in [-0.2, -0.15) is 0 Å². The first-order valence-electron chi connectivity index (χ1n) is 7.65. The summed E-state index contributed by atoms with van der Waals surface area (Å²) in [6, 6.07) is 17.8. The Morgan fingerprint density at radius 3 is 2.43 bits per heavy atom. The van der Waals surface area contributed by atoms with Gasteiger partial charge in [0.1, 0.15) is 0 Å². The van der Waals surface area contributed by atoms with Crippen LogP contribution in [0.2, 0.25) is 0 Å². The fourth-order valence-corrected chi connectivity index (χ4v) is 2.61. The highest BCUT2D eigenvalue weighted by molar-refractivity contribution is 5.93. The molecular formula is C18H19N3O2. The number of amides is 2. The van der Waals surface area contributed by atoms with E-state index in [9.17, 15) is 9.59 Å². The van der Waals surface area contributed by atoms with Crippen molar-refractivity contribution in [2.45, 2.75) is 0 Å².